The average Bonchev–Trinajstić information content (AvgIpc) is 2.75. The van der Waals surface area contributed by atoms with Gasteiger partial charge in [-0.2, -0.15) is 18.4 Å². The Bertz CT molecular complexity index is 1150. The Kier molecular flexibility index (Phi) is 6.86. The van der Waals surface area contributed by atoms with Crippen molar-refractivity contribution in [2.45, 2.75) is 16.7 Å². The van der Waals surface area contributed by atoms with E-state index in [1.54, 1.807) is 24.3 Å². The quantitative estimate of drug-likeness (QED) is 0.242. The molecule has 7 nitrogen and oxygen atoms in total. The fraction of sp³-hybridized carbons (Fsp3) is 0.0952. The van der Waals surface area contributed by atoms with Gasteiger partial charge in [-0.25, -0.2) is 0 Å². The molecule has 0 saturated carbocycles. The van der Waals surface area contributed by atoms with Crippen LogP contribution in [0.4, 0.5) is 5.69 Å². The van der Waals surface area contributed by atoms with Crippen LogP contribution in [0.5, 0.6) is 0 Å². The van der Waals surface area contributed by atoms with Gasteiger partial charge in [0.15, 0.2) is 0 Å². The fourth-order valence-electron chi connectivity index (χ4n) is 2.51. The number of aryl methyl sites for hydroxylation is 1. The summed E-state index contributed by atoms with van der Waals surface area (Å²) >= 11 is 1.40. The highest BCUT2D eigenvalue weighted by Crippen LogP contribution is 2.22. The van der Waals surface area contributed by atoms with Gasteiger partial charge in [0.2, 0.25) is 0 Å². The first-order valence-corrected chi connectivity index (χ1v) is 11.4. The molecule has 0 heterocycles. The van der Waals surface area contributed by atoms with Crippen LogP contribution in [0.3, 0.4) is 0 Å². The van der Waals surface area contributed by atoms with Crippen LogP contribution < -0.4 is 4.83 Å². The highest BCUT2D eigenvalue weighted by Gasteiger charge is 2.14. The first-order valence-electron chi connectivity index (χ1n) is 8.93. The number of hydrogen-bond donors (Lipinski definition) is 1. The Labute approximate surface area is 179 Å². The molecule has 3 rings (SSSR count). The van der Waals surface area contributed by atoms with E-state index in [-0.39, 0.29) is 10.6 Å². The summed E-state index contributed by atoms with van der Waals surface area (Å²) in [7, 11) is -3.80. The normalized spacial score (nSPS) is 11.8. The predicted octanol–water partition coefficient (Wildman–Crippen LogP) is 4.38. The van der Waals surface area contributed by atoms with Crippen LogP contribution in [0.25, 0.3) is 0 Å². The summed E-state index contributed by atoms with van der Waals surface area (Å²) < 4.78 is 25.1. The Morgan fingerprint density at radius 2 is 1.63 bits per heavy atom. The molecule has 1 N–H and O–H groups in total. The number of thioether (sulfide) groups is 1. The Hall–Kier alpha value is -3.17. The van der Waals surface area contributed by atoms with Gasteiger partial charge in [-0.3, -0.25) is 10.1 Å². The lowest BCUT2D eigenvalue weighted by Crippen LogP contribution is -2.21. The summed E-state index contributed by atoms with van der Waals surface area (Å²) in [6.07, 6.45) is 0. The zero-order valence-electron chi connectivity index (χ0n) is 16.1. The maximum absolute atomic E-state index is 12.6. The number of nitro groups is 1. The molecular formula is C21H19N3O4S2. The number of rotatable bonds is 8. The van der Waals surface area contributed by atoms with Gasteiger partial charge in [0.1, 0.15) is 0 Å². The molecule has 0 bridgehead atoms. The molecule has 0 aliphatic heterocycles. The van der Waals surface area contributed by atoms with E-state index >= 15 is 0 Å². The van der Waals surface area contributed by atoms with Crippen molar-refractivity contribution in [3.63, 3.8) is 0 Å². The third kappa shape index (κ3) is 5.68. The van der Waals surface area contributed by atoms with Crippen molar-refractivity contribution in [3.8, 4) is 0 Å². The van der Waals surface area contributed by atoms with E-state index in [4.69, 9.17) is 0 Å². The molecule has 0 radical (unpaired) electrons. The molecule has 3 aromatic rings. The Morgan fingerprint density at radius 3 is 2.23 bits per heavy atom. The highest BCUT2D eigenvalue weighted by molar-refractivity contribution is 8.00. The minimum absolute atomic E-state index is 0.0159. The fourth-order valence-corrected chi connectivity index (χ4v) is 4.21. The number of nitrogens with zero attached hydrogens (tertiary/aromatic N) is 2. The lowest BCUT2D eigenvalue weighted by Gasteiger charge is -2.09. The number of benzene rings is 3. The molecule has 0 spiro atoms. The largest absolute Gasteiger partial charge is 0.276 e. The summed E-state index contributed by atoms with van der Waals surface area (Å²) in [4.78, 5) is 13.6. The van der Waals surface area contributed by atoms with E-state index in [0.29, 0.717) is 11.5 Å². The molecule has 30 heavy (non-hydrogen) atoms. The van der Waals surface area contributed by atoms with E-state index in [0.717, 1.165) is 16.0 Å². The zero-order chi connectivity index (χ0) is 21.6. The highest BCUT2D eigenvalue weighted by atomic mass is 32.2. The molecule has 9 heteroatoms. The van der Waals surface area contributed by atoms with E-state index < -0.39 is 14.9 Å². The molecule has 0 aliphatic rings. The van der Waals surface area contributed by atoms with Crippen molar-refractivity contribution in [1.82, 2.24) is 4.83 Å². The summed E-state index contributed by atoms with van der Waals surface area (Å²) in [6, 6.07) is 21.9. The van der Waals surface area contributed by atoms with Gasteiger partial charge in [0, 0.05) is 22.8 Å². The molecule has 0 unspecified atom stereocenters. The van der Waals surface area contributed by atoms with Crippen LogP contribution in [-0.2, 0) is 10.0 Å². The predicted molar refractivity (Wildman–Crippen MR) is 118 cm³/mol. The second-order valence-electron chi connectivity index (χ2n) is 6.37. The second kappa shape index (κ2) is 9.55. The van der Waals surface area contributed by atoms with Crippen LogP contribution in [0.15, 0.2) is 93.8 Å². The molecule has 0 aliphatic carbocycles. The van der Waals surface area contributed by atoms with Crippen molar-refractivity contribution < 1.29 is 13.3 Å². The topological polar surface area (TPSA) is 102 Å². The SMILES string of the molecule is Cc1ccc(S(=O)(=O)N/N=C(\CSc2ccc([N+](=O)[O-])cc2)c2ccccc2)cc1. The smallest absolute Gasteiger partial charge is 0.258 e. The van der Waals surface area contributed by atoms with Gasteiger partial charge >= 0.3 is 0 Å². The number of hydrazone groups is 1. The molecule has 0 amide bonds. The monoisotopic (exact) mass is 441 g/mol. The van der Waals surface area contributed by atoms with Crippen LogP contribution in [0.2, 0.25) is 0 Å². The lowest BCUT2D eigenvalue weighted by molar-refractivity contribution is -0.384. The maximum atomic E-state index is 12.6. The van der Waals surface area contributed by atoms with E-state index in [2.05, 4.69) is 9.93 Å². The molecule has 3 aromatic carbocycles. The molecule has 0 fully saturated rings. The van der Waals surface area contributed by atoms with Gasteiger partial charge in [0.25, 0.3) is 15.7 Å². The van der Waals surface area contributed by atoms with Gasteiger partial charge < -0.3 is 0 Å². The standard InChI is InChI=1S/C21H19N3O4S2/c1-16-7-13-20(14-8-16)30(27,28)23-22-21(17-5-3-2-4-6-17)15-29-19-11-9-18(10-12-19)24(25)26/h2-14,23H,15H2,1H3/b22-21+. The number of hydrogen-bond acceptors (Lipinski definition) is 6. The molecule has 154 valence electrons. The van der Waals surface area contributed by atoms with Crippen LogP contribution in [0.1, 0.15) is 11.1 Å². The lowest BCUT2D eigenvalue weighted by atomic mass is 10.1. The van der Waals surface area contributed by atoms with Gasteiger partial charge in [-0.05, 0) is 36.8 Å². The Morgan fingerprint density at radius 1 is 1.00 bits per heavy atom. The molecule has 0 saturated heterocycles. The van der Waals surface area contributed by atoms with Crippen molar-refractivity contribution in [3.05, 3.63) is 100 Å². The van der Waals surface area contributed by atoms with E-state index in [9.17, 15) is 18.5 Å². The van der Waals surface area contributed by atoms with Crippen LogP contribution in [0, 0.1) is 17.0 Å². The van der Waals surface area contributed by atoms with E-state index in [1.165, 1.54) is 36.0 Å². The van der Waals surface area contributed by atoms with Gasteiger partial charge in [0.05, 0.1) is 15.5 Å². The maximum Gasteiger partial charge on any atom is 0.276 e. The summed E-state index contributed by atoms with van der Waals surface area (Å²) in [5.41, 5.74) is 2.29. The molecule has 0 atom stereocenters. The first kappa shape index (κ1) is 21.5. The van der Waals surface area contributed by atoms with E-state index in [1.807, 2.05) is 37.3 Å². The number of nitrogens with one attached hydrogen (secondary N) is 1. The third-order valence-corrected chi connectivity index (χ3v) is 6.41. The second-order valence-corrected chi connectivity index (χ2v) is 9.08. The van der Waals surface area contributed by atoms with Gasteiger partial charge in [-0.1, -0.05) is 48.0 Å². The average molecular weight is 442 g/mol. The number of nitro benzene ring substituents is 1. The summed E-state index contributed by atoms with van der Waals surface area (Å²) in [5.74, 6) is 0.373. The Balaban J connectivity index is 1.80. The minimum atomic E-state index is -3.80. The zero-order valence-corrected chi connectivity index (χ0v) is 17.7. The number of non-ortho nitro benzene ring substituents is 1. The van der Waals surface area contributed by atoms with Crippen molar-refractivity contribution in [2.24, 2.45) is 5.10 Å². The molecular weight excluding hydrogens is 422 g/mol. The number of sulfonamides is 1. The summed E-state index contributed by atoms with van der Waals surface area (Å²) in [6.45, 7) is 1.88. The van der Waals surface area contributed by atoms with Crippen molar-refractivity contribution in [2.75, 3.05) is 5.75 Å². The van der Waals surface area contributed by atoms with Crippen LogP contribution in [-0.4, -0.2) is 24.8 Å². The minimum Gasteiger partial charge on any atom is -0.258 e. The molecule has 0 aromatic heterocycles. The first-order chi connectivity index (χ1) is 14.3. The van der Waals surface area contributed by atoms with Crippen LogP contribution >= 0.6 is 11.8 Å². The summed E-state index contributed by atoms with van der Waals surface area (Å²) in [5, 5.41) is 15.0. The van der Waals surface area contributed by atoms with Gasteiger partial charge in [-0.15, -0.1) is 11.8 Å². The third-order valence-electron chi connectivity index (χ3n) is 4.16. The van der Waals surface area contributed by atoms with Crippen molar-refractivity contribution >= 4 is 33.2 Å². The van der Waals surface area contributed by atoms with Crippen molar-refractivity contribution in [1.29, 1.82) is 0 Å².